The van der Waals surface area contributed by atoms with Crippen molar-refractivity contribution in [2.75, 3.05) is 0 Å². The van der Waals surface area contributed by atoms with Gasteiger partial charge in [0, 0.05) is 17.5 Å². The highest BCUT2D eigenvalue weighted by Crippen LogP contribution is 2.31. The van der Waals surface area contributed by atoms with E-state index in [0.29, 0.717) is 17.6 Å². The first kappa shape index (κ1) is 21.1. The van der Waals surface area contributed by atoms with Crippen molar-refractivity contribution in [2.24, 2.45) is 0 Å². The number of rotatable bonds is 5. The number of ketones is 1. The number of carbonyl (C=O) groups excluding carboxylic acids is 1. The molecule has 0 aliphatic heterocycles. The molecule has 0 radical (unpaired) electrons. The lowest BCUT2D eigenvalue weighted by Crippen LogP contribution is -2.27. The first-order chi connectivity index (χ1) is 15.3. The topological polar surface area (TPSA) is 96.2 Å². The van der Waals surface area contributed by atoms with Crippen molar-refractivity contribution in [3.8, 4) is 11.9 Å². The normalized spacial score (nSPS) is 10.9. The zero-order chi connectivity index (χ0) is 23.0. The van der Waals surface area contributed by atoms with Gasteiger partial charge in [0.05, 0.1) is 5.56 Å². The van der Waals surface area contributed by atoms with E-state index < -0.39 is 17.2 Å². The Balaban J connectivity index is 1.85. The summed E-state index contributed by atoms with van der Waals surface area (Å²) in [6, 6.07) is 17.0. The van der Waals surface area contributed by atoms with E-state index in [1.165, 1.54) is 6.92 Å². The van der Waals surface area contributed by atoms with Crippen LogP contribution in [0.4, 0.5) is 0 Å². The molecule has 4 aromatic rings. The number of aromatic hydroxyl groups is 1. The van der Waals surface area contributed by atoms with Crippen LogP contribution in [0.1, 0.15) is 43.9 Å². The van der Waals surface area contributed by atoms with Gasteiger partial charge in [0.1, 0.15) is 17.2 Å². The molecule has 0 saturated heterocycles. The van der Waals surface area contributed by atoms with Crippen LogP contribution in [0.3, 0.4) is 0 Å². The Bertz CT molecular complexity index is 1450. The first-order valence-corrected chi connectivity index (χ1v) is 10.3. The summed E-state index contributed by atoms with van der Waals surface area (Å²) in [5.41, 5.74) is 2.45. The summed E-state index contributed by atoms with van der Waals surface area (Å²) >= 11 is 0. The molecule has 2 aromatic heterocycles. The van der Waals surface area contributed by atoms with Crippen molar-refractivity contribution in [1.82, 2.24) is 4.57 Å². The molecule has 6 heteroatoms. The number of furan rings is 1. The molecule has 0 unspecified atom stereocenters. The number of aryl methyl sites for hydroxylation is 3. The highest BCUT2D eigenvalue weighted by molar-refractivity contribution is 6.12. The number of aromatic nitrogens is 1. The summed E-state index contributed by atoms with van der Waals surface area (Å²) in [7, 11) is 0. The van der Waals surface area contributed by atoms with Gasteiger partial charge in [-0.2, -0.15) is 5.26 Å². The largest absolute Gasteiger partial charge is 0.494 e. The minimum Gasteiger partial charge on any atom is -0.494 e. The molecule has 160 valence electrons. The van der Waals surface area contributed by atoms with Gasteiger partial charge in [0.25, 0.3) is 5.56 Å². The van der Waals surface area contributed by atoms with Crippen LogP contribution in [0, 0.1) is 32.1 Å². The molecule has 0 spiro atoms. The Kier molecular flexibility index (Phi) is 5.41. The number of hydrogen-bond donors (Lipinski definition) is 1. The summed E-state index contributed by atoms with van der Waals surface area (Å²) in [4.78, 5) is 26.4. The van der Waals surface area contributed by atoms with Crippen LogP contribution in [0.5, 0.6) is 5.88 Å². The highest BCUT2D eigenvalue weighted by Gasteiger charge is 2.28. The van der Waals surface area contributed by atoms with Crippen molar-refractivity contribution in [1.29, 1.82) is 5.26 Å². The van der Waals surface area contributed by atoms with Gasteiger partial charge in [-0.1, -0.05) is 42.5 Å². The van der Waals surface area contributed by atoms with Gasteiger partial charge in [-0.3, -0.25) is 14.2 Å². The lowest BCUT2D eigenvalue weighted by Gasteiger charge is -2.15. The average molecular weight is 426 g/mol. The molecule has 4 rings (SSSR count). The first-order valence-electron chi connectivity index (χ1n) is 10.3. The molecule has 32 heavy (non-hydrogen) atoms. The fourth-order valence-electron chi connectivity index (χ4n) is 3.98. The van der Waals surface area contributed by atoms with Crippen LogP contribution in [0.2, 0.25) is 0 Å². The molecule has 0 fully saturated rings. The predicted molar refractivity (Wildman–Crippen MR) is 121 cm³/mol. The average Bonchev–Trinajstić information content (AvgIpc) is 3.10. The van der Waals surface area contributed by atoms with E-state index in [9.17, 15) is 20.0 Å². The second-order valence-electron chi connectivity index (χ2n) is 7.89. The third-order valence-electron chi connectivity index (χ3n) is 5.79. The van der Waals surface area contributed by atoms with Crippen molar-refractivity contribution in [2.45, 2.75) is 33.7 Å². The van der Waals surface area contributed by atoms with E-state index >= 15 is 0 Å². The van der Waals surface area contributed by atoms with E-state index in [0.717, 1.165) is 21.1 Å². The van der Waals surface area contributed by atoms with Crippen molar-refractivity contribution in [3.05, 3.63) is 98.0 Å². The van der Waals surface area contributed by atoms with Gasteiger partial charge >= 0.3 is 0 Å². The van der Waals surface area contributed by atoms with Crippen LogP contribution < -0.4 is 5.56 Å². The highest BCUT2D eigenvalue weighted by atomic mass is 16.3. The van der Waals surface area contributed by atoms with Gasteiger partial charge in [-0.05, 0) is 49.9 Å². The number of carbonyl (C=O) groups is 1. The second-order valence-corrected chi connectivity index (χ2v) is 7.89. The van der Waals surface area contributed by atoms with E-state index in [1.807, 2.05) is 61.5 Å². The molecule has 2 aromatic carbocycles. The molecule has 1 N–H and O–H groups in total. The number of pyridine rings is 1. The molecular formula is C26H22N2O4. The minimum atomic E-state index is -0.619. The Hall–Kier alpha value is -4.11. The number of benzene rings is 2. The maximum atomic E-state index is 13.5. The molecule has 2 heterocycles. The molecule has 0 saturated carbocycles. The minimum absolute atomic E-state index is 0.0844. The number of nitrogens with zero attached hydrogens (tertiary/aromatic N) is 2. The van der Waals surface area contributed by atoms with Gasteiger partial charge in [-0.15, -0.1) is 0 Å². The number of nitriles is 1. The fourth-order valence-corrected chi connectivity index (χ4v) is 3.98. The third kappa shape index (κ3) is 3.48. The Morgan fingerprint density at radius 2 is 1.81 bits per heavy atom. The van der Waals surface area contributed by atoms with E-state index in [4.69, 9.17) is 4.42 Å². The van der Waals surface area contributed by atoms with Crippen LogP contribution in [-0.4, -0.2) is 15.5 Å². The SMILES string of the molecule is Cc1ccc2c(C)c(C(=O)c3c(C)c(C#N)c(=O)n(CCc4ccccc4)c3O)oc2c1. The van der Waals surface area contributed by atoms with Crippen molar-refractivity contribution >= 4 is 16.8 Å². The molecule has 6 nitrogen and oxygen atoms in total. The maximum absolute atomic E-state index is 13.5. The summed E-state index contributed by atoms with van der Waals surface area (Å²) in [5.74, 6) is -0.930. The van der Waals surface area contributed by atoms with Crippen LogP contribution in [0.25, 0.3) is 11.0 Å². The predicted octanol–water partition coefficient (Wildman–Crippen LogP) is 4.57. The van der Waals surface area contributed by atoms with Gasteiger partial charge in [0.2, 0.25) is 11.7 Å². The third-order valence-corrected chi connectivity index (χ3v) is 5.79. The zero-order valence-electron chi connectivity index (χ0n) is 18.1. The summed E-state index contributed by atoms with van der Waals surface area (Å²) in [6.07, 6.45) is 0.457. The van der Waals surface area contributed by atoms with Crippen molar-refractivity contribution in [3.63, 3.8) is 0 Å². The van der Waals surface area contributed by atoms with Crippen LogP contribution >= 0.6 is 0 Å². The van der Waals surface area contributed by atoms with Gasteiger partial charge in [0.15, 0.2) is 5.76 Å². The fraction of sp³-hybridized carbons (Fsp3) is 0.192. The van der Waals surface area contributed by atoms with E-state index in [2.05, 4.69) is 0 Å². The monoisotopic (exact) mass is 426 g/mol. The van der Waals surface area contributed by atoms with Crippen molar-refractivity contribution < 1.29 is 14.3 Å². The maximum Gasteiger partial charge on any atom is 0.271 e. The van der Waals surface area contributed by atoms with Gasteiger partial charge in [-0.25, -0.2) is 0 Å². The summed E-state index contributed by atoms with van der Waals surface area (Å²) < 4.78 is 6.94. The molecule has 0 amide bonds. The molecule has 0 aliphatic rings. The van der Waals surface area contributed by atoms with E-state index in [1.54, 1.807) is 6.92 Å². The van der Waals surface area contributed by atoms with Crippen LogP contribution in [0.15, 0.2) is 57.7 Å². The summed E-state index contributed by atoms with van der Waals surface area (Å²) in [6.45, 7) is 5.33. The Labute approximate surface area is 185 Å². The molecule has 0 aliphatic carbocycles. The van der Waals surface area contributed by atoms with Crippen LogP contribution in [-0.2, 0) is 13.0 Å². The lowest BCUT2D eigenvalue weighted by atomic mass is 9.98. The zero-order valence-corrected chi connectivity index (χ0v) is 18.1. The van der Waals surface area contributed by atoms with E-state index in [-0.39, 0.29) is 29.0 Å². The lowest BCUT2D eigenvalue weighted by molar-refractivity contribution is 0.101. The summed E-state index contributed by atoms with van der Waals surface area (Å²) in [5, 5.41) is 21.4. The smallest absolute Gasteiger partial charge is 0.271 e. The quantitative estimate of drug-likeness (QED) is 0.472. The number of hydrogen-bond acceptors (Lipinski definition) is 5. The number of fused-ring (bicyclic) bond motifs is 1. The standard InChI is InChI=1S/C26H22N2O4/c1-15-9-10-19-17(3)24(32-21(19)13-15)23(29)22-16(2)20(14-27)25(30)28(26(22)31)12-11-18-7-5-4-6-8-18/h4-10,13,31H,11-12H2,1-3H3. The second kappa shape index (κ2) is 8.20. The van der Waals surface area contributed by atoms with Gasteiger partial charge < -0.3 is 9.52 Å². The Morgan fingerprint density at radius 3 is 2.50 bits per heavy atom. The molecular weight excluding hydrogens is 404 g/mol. The molecule has 0 atom stereocenters. The molecule has 0 bridgehead atoms. The Morgan fingerprint density at radius 1 is 1.09 bits per heavy atom.